The molecule has 2 saturated carbocycles. The molecule has 0 saturated heterocycles. The summed E-state index contributed by atoms with van der Waals surface area (Å²) in [5.74, 6) is -0.273. The van der Waals surface area contributed by atoms with E-state index in [1.165, 1.54) is 7.11 Å². The first-order chi connectivity index (χ1) is 25.7. The van der Waals surface area contributed by atoms with Gasteiger partial charge in [-0.25, -0.2) is 15.0 Å². The quantitative estimate of drug-likeness (QED) is 0.116. The number of aliphatic carboxylic acids is 1. The number of alkyl halides is 3. The predicted octanol–water partition coefficient (Wildman–Crippen LogP) is 8.22. The lowest BCUT2D eigenvalue weighted by atomic mass is 9.72. The smallest absolute Gasteiger partial charge is 0.435 e. The fourth-order valence-corrected chi connectivity index (χ4v) is 8.63. The van der Waals surface area contributed by atoms with E-state index in [9.17, 15) is 28.2 Å². The minimum absolute atomic E-state index is 0.00634. The van der Waals surface area contributed by atoms with Gasteiger partial charge in [0, 0.05) is 23.2 Å². The minimum Gasteiger partial charge on any atom is -0.481 e. The molecule has 0 aliphatic heterocycles. The molecule has 0 bridgehead atoms. The molecule has 2 aromatic heterocycles. The van der Waals surface area contributed by atoms with E-state index >= 15 is 0 Å². The van der Waals surface area contributed by atoms with Crippen molar-refractivity contribution in [3.8, 4) is 34.1 Å². The van der Waals surface area contributed by atoms with Crippen LogP contribution in [-0.2, 0) is 36.8 Å². The van der Waals surface area contributed by atoms with Crippen molar-refractivity contribution in [2.75, 3.05) is 20.8 Å². The zero-order valence-corrected chi connectivity index (χ0v) is 31.3. The Kier molecular flexibility index (Phi) is 10.4. The van der Waals surface area contributed by atoms with Crippen LogP contribution in [0.5, 0.6) is 11.8 Å². The van der Waals surface area contributed by atoms with Gasteiger partial charge in [-0.2, -0.15) is 13.2 Å². The van der Waals surface area contributed by atoms with Crippen LogP contribution in [0.2, 0.25) is 5.02 Å². The second-order valence-electron chi connectivity index (χ2n) is 15.3. The van der Waals surface area contributed by atoms with Gasteiger partial charge in [-0.05, 0) is 106 Å². The number of carboxylic acid groups (broad SMARTS) is 1. The molecule has 3 N–H and O–H groups in total. The lowest BCUT2D eigenvalue weighted by Crippen LogP contribution is -2.44. The Morgan fingerprint density at radius 3 is 2.33 bits per heavy atom. The zero-order chi connectivity index (χ0) is 38.4. The van der Waals surface area contributed by atoms with Crippen LogP contribution in [0.3, 0.4) is 0 Å². The van der Waals surface area contributed by atoms with Crippen LogP contribution in [0.4, 0.5) is 13.2 Å². The van der Waals surface area contributed by atoms with Gasteiger partial charge in [-0.3, -0.25) is 4.79 Å². The van der Waals surface area contributed by atoms with Crippen molar-refractivity contribution in [3.63, 3.8) is 0 Å². The number of aliphatic hydroxyl groups is 1. The van der Waals surface area contributed by atoms with Crippen molar-refractivity contribution in [1.29, 1.82) is 0 Å². The average Bonchev–Trinajstić information content (AvgIpc) is 3.82. The maximum atomic E-state index is 14.5. The van der Waals surface area contributed by atoms with Crippen molar-refractivity contribution in [2.24, 2.45) is 11.3 Å². The molecule has 2 aromatic carbocycles. The van der Waals surface area contributed by atoms with Crippen molar-refractivity contribution < 1.29 is 37.7 Å². The van der Waals surface area contributed by atoms with Gasteiger partial charge in [-0.15, -0.1) is 0 Å². The monoisotopic (exact) mass is 764 g/mol. The molecule has 3 aliphatic carbocycles. The molecule has 2 heterocycles. The normalized spacial score (nSPS) is 21.3. The third-order valence-corrected chi connectivity index (χ3v) is 11.8. The number of carbonyl (C=O) groups is 1. The minimum atomic E-state index is -4.75. The summed E-state index contributed by atoms with van der Waals surface area (Å²) in [6.07, 6.45) is -0.746. The lowest BCUT2D eigenvalue weighted by Gasteiger charge is -2.41. The third-order valence-electron chi connectivity index (χ3n) is 11.4. The molecule has 286 valence electrons. The number of nitrogens with zero attached hydrogens (tertiary/aromatic N) is 3. The molecule has 13 heteroatoms. The molecule has 0 amide bonds. The van der Waals surface area contributed by atoms with Crippen LogP contribution in [0.15, 0.2) is 48.5 Å². The molecule has 7 rings (SSSR count). The van der Waals surface area contributed by atoms with Gasteiger partial charge in [0.1, 0.15) is 5.69 Å². The van der Waals surface area contributed by atoms with Crippen LogP contribution >= 0.6 is 11.6 Å². The molecule has 0 radical (unpaired) electrons. The number of aromatic nitrogens is 3. The molecular weight excluding hydrogens is 721 g/mol. The standard InChI is InChI=1S/C41H44ClF3N4O5/c1-39(52)19-23(20-39)21-46-22-25-11-13-31(48-36(25)53-2)30-9-5-8-29(34(30)42)27-7-4-6-26-24(10-12-28(26)27)18-33-35(41(43,44)45)47-32(37(49-33)54-3)14-15-40(16-17-40)38(50)51/h4-9,11,13,23-24,46,52H,10,12,14-22H2,1-3H3,(H,50,51)/t23?,24-,39?/m1/s1. The fourth-order valence-electron chi connectivity index (χ4n) is 8.31. The number of carboxylic acids is 1. The number of nitrogens with one attached hydrogen (secondary N) is 1. The van der Waals surface area contributed by atoms with Gasteiger partial charge in [-0.1, -0.05) is 54.1 Å². The number of fused-ring (bicyclic) bond motifs is 1. The van der Waals surface area contributed by atoms with Gasteiger partial charge in [0.15, 0.2) is 5.69 Å². The number of halogens is 4. The van der Waals surface area contributed by atoms with Crippen LogP contribution < -0.4 is 14.8 Å². The maximum Gasteiger partial charge on any atom is 0.435 e. The molecular formula is C41H44ClF3N4O5. The topological polar surface area (TPSA) is 127 Å². The molecule has 9 nitrogen and oxygen atoms in total. The number of ether oxygens (including phenoxy) is 2. The molecule has 4 aromatic rings. The average molecular weight is 765 g/mol. The van der Waals surface area contributed by atoms with Crippen LogP contribution in [0.25, 0.3) is 22.4 Å². The first-order valence-corrected chi connectivity index (χ1v) is 18.7. The molecule has 0 spiro atoms. The van der Waals surface area contributed by atoms with Crippen LogP contribution in [0, 0.1) is 11.3 Å². The second kappa shape index (κ2) is 14.8. The Labute approximate surface area is 317 Å². The summed E-state index contributed by atoms with van der Waals surface area (Å²) in [5, 5.41) is 23.5. The lowest BCUT2D eigenvalue weighted by molar-refractivity contribution is -0.144. The molecule has 0 unspecified atom stereocenters. The van der Waals surface area contributed by atoms with Crippen LogP contribution in [0.1, 0.15) is 85.1 Å². The van der Waals surface area contributed by atoms with E-state index in [-0.39, 0.29) is 42.4 Å². The number of hydrogen-bond acceptors (Lipinski definition) is 8. The summed E-state index contributed by atoms with van der Waals surface area (Å²) in [4.78, 5) is 24.9. The summed E-state index contributed by atoms with van der Waals surface area (Å²) in [5.41, 5.74) is 3.23. The Hall–Kier alpha value is -4.26. The van der Waals surface area contributed by atoms with E-state index in [0.717, 1.165) is 52.8 Å². The number of rotatable bonds is 14. The molecule has 54 heavy (non-hydrogen) atoms. The highest BCUT2D eigenvalue weighted by atomic mass is 35.5. The SMILES string of the molecule is COc1nc(-c2cccc(-c3cccc4c3CC[C@@H]4Cc3nc(OC)c(CCC4(C(=O)O)CC4)nc3C(F)(F)F)c2Cl)ccc1CNCC1CC(C)(O)C1. The predicted molar refractivity (Wildman–Crippen MR) is 198 cm³/mol. The van der Waals surface area contributed by atoms with Gasteiger partial charge in [0.2, 0.25) is 11.8 Å². The van der Waals surface area contributed by atoms with Gasteiger partial charge in [0.25, 0.3) is 0 Å². The number of pyridine rings is 1. The van der Waals surface area contributed by atoms with Crippen molar-refractivity contribution in [1.82, 2.24) is 20.3 Å². The zero-order valence-electron chi connectivity index (χ0n) is 30.5. The van der Waals surface area contributed by atoms with E-state index in [2.05, 4.69) is 15.3 Å². The Morgan fingerprint density at radius 1 is 0.963 bits per heavy atom. The van der Waals surface area contributed by atoms with Gasteiger partial charge < -0.3 is 25.0 Å². The summed E-state index contributed by atoms with van der Waals surface area (Å²) < 4.78 is 54.5. The highest BCUT2D eigenvalue weighted by Crippen LogP contribution is 2.50. The maximum absolute atomic E-state index is 14.5. The summed E-state index contributed by atoms with van der Waals surface area (Å²) in [7, 11) is 2.92. The van der Waals surface area contributed by atoms with Crippen molar-refractivity contribution in [3.05, 3.63) is 87.3 Å². The van der Waals surface area contributed by atoms with E-state index < -0.39 is 28.9 Å². The summed E-state index contributed by atoms with van der Waals surface area (Å²) in [6, 6.07) is 15.5. The van der Waals surface area contributed by atoms with E-state index in [4.69, 9.17) is 26.1 Å². The van der Waals surface area contributed by atoms with E-state index in [1.54, 1.807) is 7.11 Å². The number of aryl methyl sites for hydroxylation is 1. The first-order valence-electron chi connectivity index (χ1n) is 18.3. The Balaban J connectivity index is 1.12. The van der Waals surface area contributed by atoms with Crippen molar-refractivity contribution >= 4 is 17.6 Å². The highest BCUT2D eigenvalue weighted by Gasteiger charge is 2.50. The number of benzene rings is 2. The summed E-state index contributed by atoms with van der Waals surface area (Å²) >= 11 is 7.14. The van der Waals surface area contributed by atoms with Gasteiger partial charge >= 0.3 is 12.1 Å². The van der Waals surface area contributed by atoms with Crippen LogP contribution in [-0.4, -0.2) is 57.5 Å². The largest absolute Gasteiger partial charge is 0.481 e. The highest BCUT2D eigenvalue weighted by molar-refractivity contribution is 6.36. The molecule has 1 atom stereocenters. The van der Waals surface area contributed by atoms with Crippen molar-refractivity contribution in [2.45, 2.75) is 89.0 Å². The fraction of sp³-hybridized carbons (Fsp3) is 0.463. The Bertz CT molecular complexity index is 2060. The third kappa shape index (κ3) is 7.65. The van der Waals surface area contributed by atoms with E-state index in [1.807, 2.05) is 55.5 Å². The second-order valence-corrected chi connectivity index (χ2v) is 15.7. The molecule has 3 aliphatic rings. The number of methoxy groups -OCH3 is 2. The van der Waals surface area contributed by atoms with Gasteiger partial charge in [0.05, 0.1) is 41.6 Å². The number of hydrogen-bond donors (Lipinski definition) is 3. The Morgan fingerprint density at radius 2 is 1.67 bits per heavy atom. The summed E-state index contributed by atoms with van der Waals surface area (Å²) in [6.45, 7) is 3.23. The van der Waals surface area contributed by atoms with E-state index in [0.29, 0.717) is 54.7 Å². The first kappa shape index (κ1) is 38.0. The molecule has 2 fully saturated rings.